The SMILES string of the molecule is Cc1nc(NCc2cnn(CCOCC(F)(F)F)c2)cc2c1NC(=O)C(C(C)C)N2C. The summed E-state index contributed by atoms with van der Waals surface area (Å²) < 4.78 is 42.4. The number of anilines is 3. The summed E-state index contributed by atoms with van der Waals surface area (Å²) in [4.78, 5) is 18.9. The van der Waals surface area contributed by atoms with E-state index in [9.17, 15) is 18.0 Å². The van der Waals surface area contributed by atoms with Crippen molar-refractivity contribution < 1.29 is 22.7 Å². The van der Waals surface area contributed by atoms with Crippen molar-refractivity contribution in [2.45, 2.75) is 46.1 Å². The highest BCUT2D eigenvalue weighted by atomic mass is 19.4. The molecule has 8 nitrogen and oxygen atoms in total. The zero-order valence-corrected chi connectivity index (χ0v) is 18.0. The normalized spacial score (nSPS) is 16.5. The molecule has 0 aromatic carbocycles. The van der Waals surface area contributed by atoms with Crippen LogP contribution >= 0.6 is 0 Å². The van der Waals surface area contributed by atoms with Crippen LogP contribution in [0, 0.1) is 12.8 Å². The van der Waals surface area contributed by atoms with Crippen LogP contribution < -0.4 is 15.5 Å². The topological polar surface area (TPSA) is 84.3 Å². The molecule has 0 spiro atoms. The molecule has 0 fully saturated rings. The summed E-state index contributed by atoms with van der Waals surface area (Å²) in [7, 11) is 1.90. The number of carbonyl (C=O) groups excluding carboxylic acids is 1. The molecule has 2 aromatic rings. The molecule has 0 saturated carbocycles. The van der Waals surface area contributed by atoms with Crippen LogP contribution in [0.3, 0.4) is 0 Å². The Morgan fingerprint density at radius 2 is 2.10 bits per heavy atom. The maximum absolute atomic E-state index is 12.4. The lowest BCUT2D eigenvalue weighted by Crippen LogP contribution is -2.49. The quantitative estimate of drug-likeness (QED) is 0.614. The van der Waals surface area contributed by atoms with E-state index in [0.717, 1.165) is 11.3 Å². The number of alkyl halides is 3. The van der Waals surface area contributed by atoms with Gasteiger partial charge in [0.25, 0.3) is 0 Å². The van der Waals surface area contributed by atoms with Crippen LogP contribution in [0.25, 0.3) is 0 Å². The number of aryl methyl sites for hydroxylation is 1. The maximum Gasteiger partial charge on any atom is 0.411 e. The lowest BCUT2D eigenvalue weighted by molar-refractivity contribution is -0.174. The van der Waals surface area contributed by atoms with E-state index in [0.29, 0.717) is 23.7 Å². The highest BCUT2D eigenvalue weighted by Crippen LogP contribution is 2.36. The second kappa shape index (κ2) is 9.13. The van der Waals surface area contributed by atoms with Gasteiger partial charge in [-0.2, -0.15) is 18.3 Å². The van der Waals surface area contributed by atoms with Gasteiger partial charge >= 0.3 is 6.18 Å². The number of rotatable bonds is 8. The molecule has 1 atom stereocenters. The van der Waals surface area contributed by atoms with Crippen LogP contribution in [0.1, 0.15) is 25.1 Å². The number of aromatic nitrogens is 3. The number of ether oxygens (including phenoxy) is 1. The van der Waals surface area contributed by atoms with Gasteiger partial charge in [0, 0.05) is 31.4 Å². The first-order chi connectivity index (χ1) is 14.5. The average molecular weight is 440 g/mol. The van der Waals surface area contributed by atoms with Crippen molar-refractivity contribution in [3.63, 3.8) is 0 Å². The highest BCUT2D eigenvalue weighted by Gasteiger charge is 2.34. The van der Waals surface area contributed by atoms with Crippen molar-refractivity contribution in [3.8, 4) is 0 Å². The van der Waals surface area contributed by atoms with Crippen molar-refractivity contribution >= 4 is 23.1 Å². The van der Waals surface area contributed by atoms with Crippen molar-refractivity contribution in [1.29, 1.82) is 0 Å². The molecule has 11 heteroatoms. The van der Waals surface area contributed by atoms with E-state index in [1.807, 2.05) is 38.8 Å². The van der Waals surface area contributed by atoms with Crippen LogP contribution in [0.2, 0.25) is 0 Å². The molecular formula is C20H27F3N6O2. The third-order valence-corrected chi connectivity index (χ3v) is 5.02. The second-order valence-electron chi connectivity index (χ2n) is 7.91. The predicted octanol–water partition coefficient (Wildman–Crippen LogP) is 3.19. The van der Waals surface area contributed by atoms with Crippen LogP contribution in [-0.2, 0) is 22.6 Å². The van der Waals surface area contributed by atoms with Gasteiger partial charge in [0.1, 0.15) is 18.5 Å². The van der Waals surface area contributed by atoms with Crippen LogP contribution in [0.15, 0.2) is 18.5 Å². The van der Waals surface area contributed by atoms with Gasteiger partial charge in [-0.15, -0.1) is 0 Å². The molecule has 2 aromatic heterocycles. The summed E-state index contributed by atoms with van der Waals surface area (Å²) in [6.45, 7) is 5.18. The standard InChI is InChI=1S/C20H27F3N6O2/c1-12(2)18-19(30)27-17-13(3)26-16(7-15(17)28(18)4)24-8-14-9-25-29(10-14)5-6-31-11-20(21,22)23/h7,9-10,12,18H,5-6,8,11H2,1-4H3,(H,24,26)(H,27,30). The Kier molecular flexibility index (Phi) is 6.73. The number of halogens is 3. The smallest absolute Gasteiger partial charge is 0.370 e. The van der Waals surface area contributed by atoms with Crippen LogP contribution in [0.4, 0.5) is 30.4 Å². The molecule has 2 N–H and O–H groups in total. The van der Waals surface area contributed by atoms with E-state index >= 15 is 0 Å². The first-order valence-corrected chi connectivity index (χ1v) is 10.00. The fourth-order valence-corrected chi connectivity index (χ4v) is 3.61. The highest BCUT2D eigenvalue weighted by molar-refractivity contribution is 6.04. The zero-order valence-electron chi connectivity index (χ0n) is 18.0. The molecule has 0 radical (unpaired) electrons. The minimum absolute atomic E-state index is 0.0396. The molecule has 3 rings (SSSR count). The van der Waals surface area contributed by atoms with Gasteiger partial charge in [-0.05, 0) is 12.8 Å². The number of nitrogens with one attached hydrogen (secondary N) is 2. The van der Waals surface area contributed by atoms with Gasteiger partial charge in [-0.1, -0.05) is 13.8 Å². The van der Waals surface area contributed by atoms with E-state index in [4.69, 9.17) is 0 Å². The third kappa shape index (κ3) is 5.66. The second-order valence-corrected chi connectivity index (χ2v) is 7.91. The molecule has 170 valence electrons. The van der Waals surface area contributed by atoms with Crippen LogP contribution in [-0.4, -0.2) is 53.2 Å². The van der Waals surface area contributed by atoms with E-state index in [1.54, 1.807) is 12.4 Å². The summed E-state index contributed by atoms with van der Waals surface area (Å²) >= 11 is 0. The summed E-state index contributed by atoms with van der Waals surface area (Å²) in [6, 6.07) is 1.63. The van der Waals surface area contributed by atoms with Gasteiger partial charge in [-0.25, -0.2) is 4.98 Å². The maximum atomic E-state index is 12.4. The molecule has 3 heterocycles. The van der Waals surface area contributed by atoms with Crippen molar-refractivity contribution in [1.82, 2.24) is 14.8 Å². The number of pyridine rings is 1. The Morgan fingerprint density at radius 1 is 1.35 bits per heavy atom. The Morgan fingerprint density at radius 3 is 2.77 bits per heavy atom. The minimum atomic E-state index is -4.33. The monoisotopic (exact) mass is 440 g/mol. The molecular weight excluding hydrogens is 413 g/mol. The average Bonchev–Trinajstić information content (AvgIpc) is 3.11. The number of nitrogens with zero attached hydrogens (tertiary/aromatic N) is 4. The molecule has 31 heavy (non-hydrogen) atoms. The Hall–Kier alpha value is -2.82. The molecule has 1 aliphatic rings. The van der Waals surface area contributed by atoms with Crippen molar-refractivity contribution in [2.24, 2.45) is 5.92 Å². The number of hydrogen-bond donors (Lipinski definition) is 2. The molecule has 1 aliphatic heterocycles. The fraction of sp³-hybridized carbons (Fsp3) is 0.550. The minimum Gasteiger partial charge on any atom is -0.370 e. The van der Waals surface area contributed by atoms with Crippen molar-refractivity contribution in [2.75, 3.05) is 35.8 Å². The van der Waals surface area contributed by atoms with Crippen LogP contribution in [0.5, 0.6) is 0 Å². The summed E-state index contributed by atoms with van der Waals surface area (Å²) in [5, 5.41) is 10.3. The van der Waals surface area contributed by atoms with Crippen molar-refractivity contribution in [3.05, 3.63) is 29.7 Å². The van der Waals surface area contributed by atoms with E-state index < -0.39 is 12.8 Å². The summed E-state index contributed by atoms with van der Waals surface area (Å²) in [5.41, 5.74) is 3.17. The summed E-state index contributed by atoms with van der Waals surface area (Å²) in [6.07, 6.45) is -0.940. The Balaban J connectivity index is 1.61. The molecule has 1 amide bonds. The fourth-order valence-electron chi connectivity index (χ4n) is 3.61. The number of fused-ring (bicyclic) bond motifs is 1. The molecule has 0 saturated heterocycles. The Labute approximate surface area is 178 Å². The van der Waals surface area contributed by atoms with E-state index in [-0.39, 0.29) is 31.0 Å². The van der Waals surface area contributed by atoms with Gasteiger partial charge in [0.05, 0.1) is 36.4 Å². The van der Waals surface area contributed by atoms with E-state index in [2.05, 4.69) is 25.5 Å². The molecule has 1 unspecified atom stereocenters. The first-order valence-electron chi connectivity index (χ1n) is 10.00. The third-order valence-electron chi connectivity index (χ3n) is 5.02. The van der Waals surface area contributed by atoms with Gasteiger partial charge < -0.3 is 20.3 Å². The number of carbonyl (C=O) groups is 1. The summed E-state index contributed by atoms with van der Waals surface area (Å²) in [5.74, 6) is 0.763. The largest absolute Gasteiger partial charge is 0.411 e. The number of hydrogen-bond acceptors (Lipinski definition) is 6. The van der Waals surface area contributed by atoms with Gasteiger partial charge in [-0.3, -0.25) is 9.48 Å². The van der Waals surface area contributed by atoms with Gasteiger partial charge in [0.2, 0.25) is 5.91 Å². The number of amides is 1. The predicted molar refractivity (Wildman–Crippen MR) is 111 cm³/mol. The molecule has 0 bridgehead atoms. The van der Waals surface area contributed by atoms with E-state index in [1.165, 1.54) is 4.68 Å². The zero-order chi connectivity index (χ0) is 22.8. The molecule has 0 aliphatic carbocycles. The Bertz CT molecular complexity index is 928. The first kappa shape index (κ1) is 22.9. The van der Waals surface area contributed by atoms with Gasteiger partial charge in [0.15, 0.2) is 0 Å². The lowest BCUT2D eigenvalue weighted by Gasteiger charge is -2.38. The lowest BCUT2D eigenvalue weighted by atomic mass is 9.98. The number of likely N-dealkylation sites (N-methyl/N-ethyl adjacent to an activating group) is 1.